The molecule has 0 aliphatic carbocycles. The maximum Gasteiger partial charge on any atom is 0.319 e. The summed E-state index contributed by atoms with van der Waals surface area (Å²) in [5.74, 6) is -0.916. The predicted molar refractivity (Wildman–Crippen MR) is 102 cm³/mol. The molecule has 25 heavy (non-hydrogen) atoms. The molecule has 2 rings (SSSR count). The molecule has 1 aromatic rings. The molecule has 0 spiro atoms. The molecule has 0 bridgehead atoms. The average molecular weight is 358 g/mol. The van der Waals surface area contributed by atoms with Gasteiger partial charge in [0.25, 0.3) is 0 Å². The molecule has 2 heterocycles. The molecule has 7 heteroatoms. The molecule has 0 aromatic carbocycles. The first-order chi connectivity index (χ1) is 11.7. The van der Waals surface area contributed by atoms with Crippen LogP contribution < -0.4 is 0 Å². The van der Waals surface area contributed by atoms with Crippen LogP contribution in [0.25, 0.3) is 5.70 Å². The zero-order valence-corrected chi connectivity index (χ0v) is 15.7. The number of thioether (sulfide) groups is 1. The fourth-order valence-corrected chi connectivity index (χ4v) is 2.93. The molecule has 0 atom stereocenters. The number of nitrogens with zero attached hydrogens (tertiary/aromatic N) is 4. The van der Waals surface area contributed by atoms with Crippen LogP contribution in [0, 0.1) is 0 Å². The van der Waals surface area contributed by atoms with Crippen LogP contribution in [0.5, 0.6) is 0 Å². The number of rotatable bonds is 4. The summed E-state index contributed by atoms with van der Waals surface area (Å²) in [6.07, 6.45) is 10.3. The van der Waals surface area contributed by atoms with Gasteiger partial charge in [-0.15, -0.1) is 10.2 Å². The van der Waals surface area contributed by atoms with Crippen molar-refractivity contribution in [1.82, 2.24) is 14.8 Å². The van der Waals surface area contributed by atoms with E-state index in [0.717, 1.165) is 23.9 Å². The maximum atomic E-state index is 11.4. The van der Waals surface area contributed by atoms with E-state index in [4.69, 9.17) is 0 Å². The average Bonchev–Trinajstić information content (AvgIpc) is 2.94. The summed E-state index contributed by atoms with van der Waals surface area (Å²) in [5, 5.41) is 17.9. The smallest absolute Gasteiger partial charge is 0.319 e. The highest BCUT2D eigenvalue weighted by molar-refractivity contribution is 8.01. The Bertz CT molecular complexity index is 813. The zero-order valence-electron chi connectivity index (χ0n) is 14.9. The van der Waals surface area contributed by atoms with E-state index in [1.165, 1.54) is 5.57 Å². The number of hydrogen-bond donors (Lipinski definition) is 1. The van der Waals surface area contributed by atoms with Crippen molar-refractivity contribution in [3.8, 4) is 0 Å². The van der Waals surface area contributed by atoms with Gasteiger partial charge in [-0.05, 0) is 46.3 Å². The number of aliphatic imine (C=N–C) groups is 1. The first kappa shape index (κ1) is 18.9. The van der Waals surface area contributed by atoms with Gasteiger partial charge in [0.05, 0.1) is 11.4 Å². The fourth-order valence-electron chi connectivity index (χ4n) is 2.06. The fraction of sp³-hybridized carbons (Fsp3) is 0.333. The molecule has 1 aliphatic rings. The summed E-state index contributed by atoms with van der Waals surface area (Å²) in [6, 6.07) is 0. The molecule has 0 saturated carbocycles. The second kappa shape index (κ2) is 7.65. The third kappa shape index (κ3) is 4.79. The van der Waals surface area contributed by atoms with Gasteiger partial charge in [-0.25, -0.2) is 0 Å². The number of allylic oxidation sites excluding steroid dienone is 6. The SMILES string of the molecule is C=C1/N=C(C)\C=C/C/C(C)=C\C=C/1n1cnnc1SC(C)(C)C(=O)O. The van der Waals surface area contributed by atoms with E-state index in [2.05, 4.69) is 27.8 Å². The van der Waals surface area contributed by atoms with Crippen LogP contribution in [0.2, 0.25) is 0 Å². The molecule has 6 nitrogen and oxygen atoms in total. The Morgan fingerprint density at radius 2 is 2.08 bits per heavy atom. The second-order valence-corrected chi connectivity index (χ2v) is 7.86. The first-order valence-corrected chi connectivity index (χ1v) is 8.63. The minimum absolute atomic E-state index is 0.478. The van der Waals surface area contributed by atoms with E-state index in [1.807, 2.05) is 32.1 Å². The number of carboxylic acids is 1. The van der Waals surface area contributed by atoms with Crippen molar-refractivity contribution in [1.29, 1.82) is 0 Å². The van der Waals surface area contributed by atoms with Crippen molar-refractivity contribution in [2.75, 3.05) is 0 Å². The first-order valence-electron chi connectivity index (χ1n) is 7.82. The lowest BCUT2D eigenvalue weighted by atomic mass is 10.1. The Balaban J connectivity index is 2.48. The number of hydrogen-bond acceptors (Lipinski definition) is 5. The Labute approximate surface area is 151 Å². The van der Waals surface area contributed by atoms with Crippen molar-refractivity contribution in [3.63, 3.8) is 0 Å². The normalized spacial score (nSPS) is 23.7. The van der Waals surface area contributed by atoms with Crippen LogP contribution in [-0.4, -0.2) is 36.3 Å². The van der Waals surface area contributed by atoms with Gasteiger partial charge in [0.2, 0.25) is 0 Å². The molecule has 1 N–H and O–H groups in total. The minimum Gasteiger partial charge on any atom is -0.480 e. The lowest BCUT2D eigenvalue weighted by Gasteiger charge is -2.19. The summed E-state index contributed by atoms with van der Waals surface area (Å²) in [6.45, 7) is 11.3. The molecule has 0 amide bonds. The van der Waals surface area contributed by atoms with Gasteiger partial charge in [0, 0.05) is 5.71 Å². The van der Waals surface area contributed by atoms with Crippen molar-refractivity contribution >= 4 is 29.1 Å². The summed E-state index contributed by atoms with van der Waals surface area (Å²) >= 11 is 1.13. The van der Waals surface area contributed by atoms with Crippen LogP contribution in [0.3, 0.4) is 0 Å². The van der Waals surface area contributed by atoms with E-state index >= 15 is 0 Å². The standard InChI is InChI=1S/C18H22N4O2S/c1-12-7-6-8-13(2)20-14(3)15(10-9-12)22-11-19-21-17(22)25-18(4,5)16(23)24/h6,8-11H,3,7H2,1-2,4-5H3,(H,23,24)/b8-6-,12-9-,15-10+,20-13-. The Morgan fingerprint density at radius 1 is 1.36 bits per heavy atom. The molecule has 132 valence electrons. The van der Waals surface area contributed by atoms with Gasteiger partial charge < -0.3 is 5.11 Å². The molecule has 1 aliphatic heterocycles. The minimum atomic E-state index is -1.03. The van der Waals surface area contributed by atoms with E-state index in [-0.39, 0.29) is 0 Å². The number of carboxylic acid groups (broad SMARTS) is 1. The van der Waals surface area contributed by atoms with E-state index in [9.17, 15) is 9.90 Å². The third-order valence-corrected chi connectivity index (χ3v) is 4.71. The van der Waals surface area contributed by atoms with Crippen LogP contribution in [0.15, 0.2) is 58.6 Å². The summed E-state index contributed by atoms with van der Waals surface area (Å²) in [5.41, 5.74) is 3.30. The van der Waals surface area contributed by atoms with E-state index in [0.29, 0.717) is 16.6 Å². The van der Waals surface area contributed by atoms with E-state index in [1.54, 1.807) is 24.7 Å². The van der Waals surface area contributed by atoms with Crippen LogP contribution >= 0.6 is 11.8 Å². The molecule has 0 radical (unpaired) electrons. The van der Waals surface area contributed by atoms with Gasteiger partial charge in [0.1, 0.15) is 11.1 Å². The summed E-state index contributed by atoms with van der Waals surface area (Å²) in [4.78, 5) is 15.9. The van der Waals surface area contributed by atoms with Crippen molar-refractivity contribution in [3.05, 3.63) is 48.5 Å². The van der Waals surface area contributed by atoms with Crippen LogP contribution in [-0.2, 0) is 4.79 Å². The summed E-state index contributed by atoms with van der Waals surface area (Å²) < 4.78 is 0.694. The van der Waals surface area contributed by atoms with Crippen molar-refractivity contribution < 1.29 is 9.90 Å². The Hall–Kier alpha value is -2.41. The molecule has 0 unspecified atom stereocenters. The van der Waals surface area contributed by atoms with Crippen molar-refractivity contribution in [2.24, 2.45) is 4.99 Å². The van der Waals surface area contributed by atoms with Gasteiger partial charge in [-0.1, -0.05) is 36.1 Å². The molecular formula is C18H22N4O2S. The van der Waals surface area contributed by atoms with Gasteiger partial charge in [-0.2, -0.15) is 0 Å². The molecule has 0 fully saturated rings. The van der Waals surface area contributed by atoms with Crippen LogP contribution in [0.4, 0.5) is 0 Å². The topological polar surface area (TPSA) is 80.4 Å². The maximum absolute atomic E-state index is 11.4. The quantitative estimate of drug-likeness (QED) is 0.824. The largest absolute Gasteiger partial charge is 0.480 e. The monoisotopic (exact) mass is 358 g/mol. The highest BCUT2D eigenvalue weighted by Gasteiger charge is 2.31. The van der Waals surface area contributed by atoms with Crippen molar-refractivity contribution in [2.45, 2.75) is 44.0 Å². The summed E-state index contributed by atoms with van der Waals surface area (Å²) in [7, 11) is 0. The lowest BCUT2D eigenvalue weighted by Crippen LogP contribution is -2.27. The highest BCUT2D eigenvalue weighted by Crippen LogP contribution is 2.33. The van der Waals surface area contributed by atoms with E-state index < -0.39 is 10.7 Å². The van der Waals surface area contributed by atoms with Gasteiger partial charge in [-0.3, -0.25) is 14.4 Å². The molecule has 0 saturated heterocycles. The van der Waals surface area contributed by atoms with Gasteiger partial charge >= 0.3 is 5.97 Å². The van der Waals surface area contributed by atoms with Gasteiger partial charge in [0.15, 0.2) is 5.16 Å². The number of aromatic nitrogens is 3. The third-order valence-electron chi connectivity index (χ3n) is 3.57. The Kier molecular flexibility index (Phi) is 5.79. The number of aliphatic carboxylic acids is 1. The Morgan fingerprint density at radius 3 is 2.76 bits per heavy atom. The second-order valence-electron chi connectivity index (χ2n) is 6.27. The zero-order chi connectivity index (χ0) is 18.6. The highest BCUT2D eigenvalue weighted by atomic mass is 32.2. The molecule has 1 aromatic heterocycles. The lowest BCUT2D eigenvalue weighted by molar-refractivity contribution is -0.138. The number of carbonyl (C=O) groups is 1. The predicted octanol–water partition coefficient (Wildman–Crippen LogP) is 3.96. The molecular weight excluding hydrogens is 336 g/mol. The van der Waals surface area contributed by atoms with Crippen LogP contribution in [0.1, 0.15) is 34.1 Å².